The number of hydroxylamine groups is 2. The zero-order valence-corrected chi connectivity index (χ0v) is 23.6. The first-order valence-corrected chi connectivity index (χ1v) is 14.0. The molecule has 2 atom stereocenters. The minimum atomic E-state index is -3.56. The molecule has 0 heterocycles. The van der Waals surface area contributed by atoms with E-state index >= 15 is 0 Å². The van der Waals surface area contributed by atoms with E-state index in [0.717, 1.165) is 11.1 Å². The van der Waals surface area contributed by atoms with Gasteiger partial charge < -0.3 is 13.8 Å². The van der Waals surface area contributed by atoms with Crippen LogP contribution in [0.4, 0.5) is 0 Å². The summed E-state index contributed by atoms with van der Waals surface area (Å²) in [6.07, 6.45) is -0.416. The molecule has 0 amide bonds. The summed E-state index contributed by atoms with van der Waals surface area (Å²) in [5.74, 6) is -0.643. The van der Waals surface area contributed by atoms with Crippen LogP contribution in [0.3, 0.4) is 0 Å². The SMILES string of the molecule is CCOP(=O)(OCC)[C@H](N(O[C@@H](COCc1ccccc1)c1ccccc1)C(C)(C)C)C(C)(C)C. The molecule has 0 aromatic heterocycles. The summed E-state index contributed by atoms with van der Waals surface area (Å²) in [4.78, 5) is 6.74. The molecule has 0 fully saturated rings. The molecule has 0 unspecified atom stereocenters. The van der Waals surface area contributed by atoms with Gasteiger partial charge in [-0.15, -0.1) is 0 Å². The second kappa shape index (κ2) is 13.1. The van der Waals surface area contributed by atoms with Gasteiger partial charge in [-0.25, -0.2) is 0 Å². The molecule has 0 spiro atoms. The van der Waals surface area contributed by atoms with E-state index in [0.29, 0.717) is 13.2 Å². The van der Waals surface area contributed by atoms with Crippen LogP contribution < -0.4 is 0 Å². The molecule has 0 saturated carbocycles. The zero-order chi connectivity index (χ0) is 26.1. The van der Waals surface area contributed by atoms with Crippen molar-refractivity contribution in [2.45, 2.75) is 79.4 Å². The number of hydrogen-bond acceptors (Lipinski definition) is 6. The fourth-order valence-electron chi connectivity index (χ4n) is 3.93. The van der Waals surface area contributed by atoms with E-state index in [1.807, 2.05) is 121 Å². The second-order valence-electron chi connectivity index (χ2n) is 10.6. The number of hydrogen-bond donors (Lipinski definition) is 0. The van der Waals surface area contributed by atoms with E-state index in [-0.39, 0.29) is 13.2 Å². The molecule has 7 heteroatoms. The van der Waals surface area contributed by atoms with Gasteiger partial charge in [0.2, 0.25) is 0 Å². The summed E-state index contributed by atoms with van der Waals surface area (Å²) in [6.45, 7) is 17.3. The fourth-order valence-corrected chi connectivity index (χ4v) is 6.61. The third kappa shape index (κ3) is 8.82. The molecular formula is C28H44NO5P. The third-order valence-corrected chi connectivity index (χ3v) is 8.19. The average Bonchev–Trinajstić information content (AvgIpc) is 2.77. The maximum atomic E-state index is 14.2. The molecule has 2 rings (SSSR count). The summed E-state index contributed by atoms with van der Waals surface area (Å²) in [5, 5.41) is 1.82. The van der Waals surface area contributed by atoms with Gasteiger partial charge in [-0.3, -0.25) is 9.40 Å². The lowest BCUT2D eigenvalue weighted by Gasteiger charge is -2.48. The Labute approximate surface area is 212 Å². The smallest absolute Gasteiger partial charge is 0.350 e. The second-order valence-corrected chi connectivity index (χ2v) is 12.7. The number of nitrogens with zero attached hydrogens (tertiary/aromatic N) is 1. The highest BCUT2D eigenvalue weighted by Crippen LogP contribution is 2.61. The van der Waals surface area contributed by atoms with E-state index in [2.05, 4.69) is 0 Å². The summed E-state index contributed by atoms with van der Waals surface area (Å²) < 4.78 is 32.0. The first-order valence-electron chi connectivity index (χ1n) is 12.4. The lowest BCUT2D eigenvalue weighted by Crippen LogP contribution is -2.54. The number of rotatable bonds is 13. The van der Waals surface area contributed by atoms with Gasteiger partial charge in [0.05, 0.1) is 26.4 Å². The molecular weight excluding hydrogens is 461 g/mol. The summed E-state index contributed by atoms with van der Waals surface area (Å²) in [7, 11) is -3.56. The lowest BCUT2D eigenvalue weighted by atomic mass is 9.94. The van der Waals surface area contributed by atoms with Crippen molar-refractivity contribution in [2.24, 2.45) is 5.41 Å². The van der Waals surface area contributed by atoms with E-state index in [1.54, 1.807) is 0 Å². The highest BCUT2D eigenvalue weighted by Gasteiger charge is 2.51. The van der Waals surface area contributed by atoms with Crippen LogP contribution in [0, 0.1) is 5.41 Å². The van der Waals surface area contributed by atoms with Crippen molar-refractivity contribution in [1.29, 1.82) is 0 Å². The van der Waals surface area contributed by atoms with Crippen molar-refractivity contribution in [1.82, 2.24) is 5.06 Å². The van der Waals surface area contributed by atoms with E-state index < -0.39 is 30.4 Å². The summed E-state index contributed by atoms with van der Waals surface area (Å²) in [5.41, 5.74) is 1.09. The average molecular weight is 506 g/mol. The van der Waals surface area contributed by atoms with Crippen LogP contribution >= 0.6 is 7.60 Å². The molecule has 196 valence electrons. The molecule has 0 saturated heterocycles. The Hall–Kier alpha value is -1.53. The fraction of sp³-hybridized carbons (Fsp3) is 0.571. The zero-order valence-electron chi connectivity index (χ0n) is 22.7. The molecule has 0 N–H and O–H groups in total. The Morgan fingerprint density at radius 3 is 1.80 bits per heavy atom. The normalized spacial score (nSPS) is 14.8. The molecule has 35 heavy (non-hydrogen) atoms. The van der Waals surface area contributed by atoms with Crippen molar-refractivity contribution < 1.29 is 23.2 Å². The van der Waals surface area contributed by atoms with Crippen LogP contribution in [0.15, 0.2) is 60.7 Å². The quantitative estimate of drug-likeness (QED) is 0.206. The Morgan fingerprint density at radius 2 is 1.34 bits per heavy atom. The highest BCUT2D eigenvalue weighted by atomic mass is 31.2. The molecule has 0 radical (unpaired) electrons. The summed E-state index contributed by atoms with van der Waals surface area (Å²) >= 11 is 0. The predicted octanol–water partition coefficient (Wildman–Crippen LogP) is 7.61. The van der Waals surface area contributed by atoms with Crippen LogP contribution in [-0.4, -0.2) is 36.2 Å². The Balaban J connectivity index is 2.43. The van der Waals surface area contributed by atoms with Gasteiger partial charge in [0.1, 0.15) is 11.9 Å². The van der Waals surface area contributed by atoms with Crippen LogP contribution in [0.25, 0.3) is 0 Å². The standard InChI is InChI=1S/C28H44NO5P/c1-9-32-35(30,33-10-2)26(27(3,4)5)29(28(6,7)8)34-25(24-19-15-12-16-20-24)22-31-21-23-17-13-11-14-18-23/h11-20,25-26H,9-10,21-22H2,1-8H3/t25-,26-/m0/s1. The molecule has 2 aromatic carbocycles. The van der Waals surface area contributed by atoms with Crippen molar-refractivity contribution in [3.05, 3.63) is 71.8 Å². The minimum Gasteiger partial charge on any atom is -0.374 e. The molecule has 0 aliphatic carbocycles. The van der Waals surface area contributed by atoms with Crippen molar-refractivity contribution in [2.75, 3.05) is 19.8 Å². The van der Waals surface area contributed by atoms with Gasteiger partial charge in [-0.2, -0.15) is 5.06 Å². The van der Waals surface area contributed by atoms with Gasteiger partial charge in [-0.05, 0) is 51.2 Å². The first kappa shape index (κ1) is 29.7. The van der Waals surface area contributed by atoms with Crippen LogP contribution in [-0.2, 0) is 29.8 Å². The van der Waals surface area contributed by atoms with E-state index in [1.165, 1.54) is 0 Å². The Bertz CT molecular complexity index is 898. The maximum Gasteiger partial charge on any atom is 0.350 e. The number of ether oxygens (including phenoxy) is 1. The molecule has 0 bridgehead atoms. The molecule has 6 nitrogen and oxygen atoms in total. The van der Waals surface area contributed by atoms with Gasteiger partial charge in [0.15, 0.2) is 0 Å². The van der Waals surface area contributed by atoms with Gasteiger partial charge in [-0.1, -0.05) is 81.4 Å². The van der Waals surface area contributed by atoms with Gasteiger partial charge in [0, 0.05) is 5.54 Å². The maximum absolute atomic E-state index is 14.2. The van der Waals surface area contributed by atoms with Crippen molar-refractivity contribution >= 4 is 7.60 Å². The minimum absolute atomic E-state index is 0.282. The predicted molar refractivity (Wildman–Crippen MR) is 142 cm³/mol. The van der Waals surface area contributed by atoms with E-state index in [9.17, 15) is 4.57 Å². The molecule has 2 aromatic rings. The highest BCUT2D eigenvalue weighted by molar-refractivity contribution is 7.54. The van der Waals surface area contributed by atoms with Crippen LogP contribution in [0.2, 0.25) is 0 Å². The van der Waals surface area contributed by atoms with Crippen molar-refractivity contribution in [3.63, 3.8) is 0 Å². The van der Waals surface area contributed by atoms with Crippen LogP contribution in [0.1, 0.15) is 72.6 Å². The number of benzene rings is 2. The van der Waals surface area contributed by atoms with Gasteiger partial charge >= 0.3 is 7.60 Å². The largest absolute Gasteiger partial charge is 0.374 e. The lowest BCUT2D eigenvalue weighted by molar-refractivity contribution is -0.276. The topological polar surface area (TPSA) is 57.2 Å². The monoisotopic (exact) mass is 505 g/mol. The molecule has 0 aliphatic heterocycles. The van der Waals surface area contributed by atoms with Crippen molar-refractivity contribution in [3.8, 4) is 0 Å². The Morgan fingerprint density at radius 1 is 0.829 bits per heavy atom. The Kier molecular flexibility index (Phi) is 11.1. The molecule has 0 aliphatic rings. The van der Waals surface area contributed by atoms with Gasteiger partial charge in [0.25, 0.3) is 0 Å². The van der Waals surface area contributed by atoms with E-state index in [4.69, 9.17) is 18.6 Å². The summed E-state index contributed by atoms with van der Waals surface area (Å²) in [6, 6.07) is 20.0. The third-order valence-electron chi connectivity index (χ3n) is 5.37. The van der Waals surface area contributed by atoms with Crippen LogP contribution in [0.5, 0.6) is 0 Å². The first-order chi connectivity index (χ1) is 16.4.